The Balaban J connectivity index is 2.11. The van der Waals surface area contributed by atoms with Crippen LogP contribution in [0.2, 0.25) is 0 Å². The Kier molecular flexibility index (Phi) is 3.34. The SMILES string of the molecule is O=C1C=C(O)CCN1C1OC(CO)C(O)C1O. The summed E-state index contributed by atoms with van der Waals surface area (Å²) in [5, 5.41) is 37.4. The summed E-state index contributed by atoms with van der Waals surface area (Å²) in [6.07, 6.45) is -3.04. The van der Waals surface area contributed by atoms with E-state index in [0.29, 0.717) is 0 Å². The molecule has 0 aromatic heterocycles. The molecule has 2 heterocycles. The van der Waals surface area contributed by atoms with Crippen LogP contribution in [0.1, 0.15) is 6.42 Å². The first kappa shape index (κ1) is 12.3. The van der Waals surface area contributed by atoms with Gasteiger partial charge in [0.2, 0.25) is 0 Å². The number of ether oxygens (including phenoxy) is 1. The lowest BCUT2D eigenvalue weighted by molar-refractivity contribution is -0.149. The van der Waals surface area contributed by atoms with E-state index in [1.807, 2.05) is 0 Å². The van der Waals surface area contributed by atoms with Crippen molar-refractivity contribution in [1.29, 1.82) is 0 Å². The summed E-state index contributed by atoms with van der Waals surface area (Å²) >= 11 is 0. The highest BCUT2D eigenvalue weighted by Gasteiger charge is 2.46. The zero-order valence-electron chi connectivity index (χ0n) is 9.06. The standard InChI is InChI=1S/C10H15NO6/c12-4-6-8(15)9(16)10(17-6)11-2-1-5(13)3-7(11)14/h3,6,8-10,12-13,15-16H,1-2,4H2. The van der Waals surface area contributed by atoms with E-state index in [4.69, 9.17) is 9.84 Å². The van der Waals surface area contributed by atoms with E-state index in [-0.39, 0.29) is 18.7 Å². The Hall–Kier alpha value is -1.15. The quantitative estimate of drug-likeness (QED) is 0.452. The topological polar surface area (TPSA) is 110 Å². The van der Waals surface area contributed by atoms with Crippen molar-refractivity contribution in [1.82, 2.24) is 4.90 Å². The minimum absolute atomic E-state index is 0.0157. The van der Waals surface area contributed by atoms with Crippen molar-refractivity contribution in [3.05, 3.63) is 11.8 Å². The molecule has 7 nitrogen and oxygen atoms in total. The molecular weight excluding hydrogens is 230 g/mol. The van der Waals surface area contributed by atoms with E-state index in [2.05, 4.69) is 0 Å². The van der Waals surface area contributed by atoms with Gasteiger partial charge in [0.15, 0.2) is 6.23 Å². The average Bonchev–Trinajstić information content (AvgIpc) is 2.57. The van der Waals surface area contributed by atoms with Crippen LogP contribution in [-0.4, -0.2) is 68.9 Å². The van der Waals surface area contributed by atoms with Crippen molar-refractivity contribution in [2.45, 2.75) is 31.0 Å². The third-order valence-electron chi connectivity index (χ3n) is 3.01. The first-order valence-corrected chi connectivity index (χ1v) is 5.37. The first-order valence-electron chi connectivity index (χ1n) is 5.37. The number of hydrogen-bond donors (Lipinski definition) is 4. The Morgan fingerprint density at radius 2 is 2.12 bits per heavy atom. The number of aliphatic hydroxyl groups is 4. The highest BCUT2D eigenvalue weighted by Crippen LogP contribution is 2.26. The van der Waals surface area contributed by atoms with Crippen molar-refractivity contribution in [2.75, 3.05) is 13.2 Å². The van der Waals surface area contributed by atoms with Gasteiger partial charge in [-0.05, 0) is 0 Å². The summed E-state index contributed by atoms with van der Waals surface area (Å²) in [5.41, 5.74) is 0. The number of hydrogen-bond acceptors (Lipinski definition) is 6. The fourth-order valence-corrected chi connectivity index (χ4v) is 2.03. The van der Waals surface area contributed by atoms with Crippen molar-refractivity contribution in [3.63, 3.8) is 0 Å². The van der Waals surface area contributed by atoms with E-state index in [9.17, 15) is 20.1 Å². The van der Waals surface area contributed by atoms with E-state index in [0.717, 1.165) is 6.08 Å². The molecule has 1 amide bonds. The molecule has 2 rings (SSSR count). The minimum Gasteiger partial charge on any atom is -0.512 e. The lowest BCUT2D eigenvalue weighted by atomic mass is 10.1. The summed E-state index contributed by atoms with van der Waals surface area (Å²) in [7, 11) is 0. The molecule has 1 saturated heterocycles. The smallest absolute Gasteiger partial charge is 0.252 e. The lowest BCUT2D eigenvalue weighted by Gasteiger charge is -2.31. The Morgan fingerprint density at radius 1 is 1.41 bits per heavy atom. The van der Waals surface area contributed by atoms with Gasteiger partial charge in [-0.1, -0.05) is 0 Å². The predicted molar refractivity (Wildman–Crippen MR) is 54.8 cm³/mol. The van der Waals surface area contributed by atoms with Crippen LogP contribution in [0.4, 0.5) is 0 Å². The molecule has 2 aliphatic rings. The van der Waals surface area contributed by atoms with Crippen LogP contribution in [-0.2, 0) is 9.53 Å². The highest BCUT2D eigenvalue weighted by atomic mass is 16.6. The van der Waals surface area contributed by atoms with Gasteiger partial charge in [0.1, 0.15) is 18.3 Å². The molecule has 0 aliphatic carbocycles. The first-order chi connectivity index (χ1) is 8.04. The Bertz CT molecular complexity index is 344. The zero-order chi connectivity index (χ0) is 12.6. The third kappa shape index (κ3) is 2.14. The van der Waals surface area contributed by atoms with Crippen LogP contribution < -0.4 is 0 Å². The summed E-state index contributed by atoms with van der Waals surface area (Å²) in [6.45, 7) is -0.231. The largest absolute Gasteiger partial charge is 0.512 e. The van der Waals surface area contributed by atoms with E-state index < -0.39 is 37.1 Å². The maximum absolute atomic E-state index is 11.6. The second-order valence-corrected chi connectivity index (χ2v) is 4.15. The van der Waals surface area contributed by atoms with Crippen molar-refractivity contribution < 1.29 is 30.0 Å². The third-order valence-corrected chi connectivity index (χ3v) is 3.01. The minimum atomic E-state index is -1.26. The zero-order valence-corrected chi connectivity index (χ0v) is 9.06. The summed E-state index contributed by atoms with van der Waals surface area (Å²) in [4.78, 5) is 12.8. The molecule has 7 heteroatoms. The number of amides is 1. The van der Waals surface area contributed by atoms with Gasteiger partial charge in [0.25, 0.3) is 5.91 Å². The molecule has 17 heavy (non-hydrogen) atoms. The van der Waals surface area contributed by atoms with Gasteiger partial charge >= 0.3 is 0 Å². The molecule has 4 N–H and O–H groups in total. The molecule has 96 valence electrons. The maximum Gasteiger partial charge on any atom is 0.252 e. The van der Waals surface area contributed by atoms with Crippen LogP contribution >= 0.6 is 0 Å². The van der Waals surface area contributed by atoms with Gasteiger partial charge in [-0.15, -0.1) is 0 Å². The van der Waals surface area contributed by atoms with Gasteiger partial charge in [-0.25, -0.2) is 0 Å². The molecule has 1 fully saturated rings. The monoisotopic (exact) mass is 245 g/mol. The van der Waals surface area contributed by atoms with E-state index in [1.54, 1.807) is 0 Å². The maximum atomic E-state index is 11.6. The number of aliphatic hydroxyl groups excluding tert-OH is 4. The molecule has 4 unspecified atom stereocenters. The molecule has 0 bridgehead atoms. The van der Waals surface area contributed by atoms with Crippen molar-refractivity contribution >= 4 is 5.91 Å². The molecule has 4 atom stereocenters. The molecule has 2 aliphatic heterocycles. The number of carbonyl (C=O) groups excluding carboxylic acids is 1. The molecule has 0 aromatic carbocycles. The Morgan fingerprint density at radius 3 is 2.65 bits per heavy atom. The predicted octanol–water partition coefficient (Wildman–Crippen LogP) is -1.90. The van der Waals surface area contributed by atoms with E-state index in [1.165, 1.54) is 4.90 Å². The van der Waals surface area contributed by atoms with Gasteiger partial charge in [0, 0.05) is 19.0 Å². The van der Waals surface area contributed by atoms with Gasteiger partial charge in [-0.3, -0.25) is 4.79 Å². The molecular formula is C10H15NO6. The number of carbonyl (C=O) groups is 1. The molecule has 0 spiro atoms. The normalized spacial score (nSPS) is 38.4. The lowest BCUT2D eigenvalue weighted by Crippen LogP contribution is -2.48. The fraction of sp³-hybridized carbons (Fsp3) is 0.700. The molecule has 0 saturated carbocycles. The molecule has 0 aromatic rings. The van der Waals surface area contributed by atoms with Crippen molar-refractivity contribution in [2.24, 2.45) is 0 Å². The second-order valence-electron chi connectivity index (χ2n) is 4.15. The van der Waals surface area contributed by atoms with Crippen LogP contribution in [0.15, 0.2) is 11.8 Å². The van der Waals surface area contributed by atoms with Crippen molar-refractivity contribution in [3.8, 4) is 0 Å². The summed E-state index contributed by atoms with van der Waals surface area (Å²) in [5.74, 6) is -0.499. The second kappa shape index (κ2) is 4.61. The van der Waals surface area contributed by atoms with Crippen LogP contribution in [0.3, 0.4) is 0 Å². The molecule has 0 radical (unpaired) electrons. The van der Waals surface area contributed by atoms with Crippen LogP contribution in [0.5, 0.6) is 0 Å². The highest BCUT2D eigenvalue weighted by molar-refractivity contribution is 5.89. The number of nitrogens with zero attached hydrogens (tertiary/aromatic N) is 1. The summed E-state index contributed by atoms with van der Waals surface area (Å²) < 4.78 is 5.22. The van der Waals surface area contributed by atoms with Gasteiger partial charge < -0.3 is 30.1 Å². The van der Waals surface area contributed by atoms with Gasteiger partial charge in [-0.2, -0.15) is 0 Å². The van der Waals surface area contributed by atoms with Crippen LogP contribution in [0, 0.1) is 0 Å². The van der Waals surface area contributed by atoms with E-state index >= 15 is 0 Å². The Labute approximate surface area is 97.5 Å². The average molecular weight is 245 g/mol. The van der Waals surface area contributed by atoms with Crippen LogP contribution in [0.25, 0.3) is 0 Å². The van der Waals surface area contributed by atoms with Gasteiger partial charge in [0.05, 0.1) is 12.4 Å². The number of rotatable bonds is 2. The summed E-state index contributed by atoms with van der Waals surface area (Å²) in [6, 6.07) is 0. The fourth-order valence-electron chi connectivity index (χ4n) is 2.03.